The van der Waals surface area contributed by atoms with Crippen LogP contribution in [0, 0.1) is 0 Å². The number of primary amides is 1. The SMILES string of the molecule is NC(=O)CCCNC(=O)CC(O)c1cc(Cl)cc(Cl)c1. The van der Waals surface area contributed by atoms with Crippen molar-refractivity contribution in [3.05, 3.63) is 33.8 Å². The molecule has 0 aliphatic carbocycles. The van der Waals surface area contributed by atoms with Gasteiger partial charge in [-0.25, -0.2) is 0 Å². The fraction of sp³-hybridized carbons (Fsp3) is 0.385. The van der Waals surface area contributed by atoms with Crippen LogP contribution < -0.4 is 11.1 Å². The fourth-order valence-corrected chi connectivity index (χ4v) is 2.17. The zero-order valence-corrected chi connectivity index (χ0v) is 12.2. The molecule has 5 nitrogen and oxygen atoms in total. The van der Waals surface area contributed by atoms with Gasteiger partial charge in [-0.1, -0.05) is 23.2 Å². The van der Waals surface area contributed by atoms with E-state index in [2.05, 4.69) is 5.32 Å². The minimum atomic E-state index is -0.984. The number of carbonyl (C=O) groups excluding carboxylic acids is 2. The number of nitrogens with two attached hydrogens (primary N) is 1. The van der Waals surface area contributed by atoms with Crippen LogP contribution in [0.15, 0.2) is 18.2 Å². The van der Waals surface area contributed by atoms with Crippen molar-refractivity contribution in [1.82, 2.24) is 5.32 Å². The molecule has 1 unspecified atom stereocenters. The molecule has 110 valence electrons. The molecule has 0 radical (unpaired) electrons. The number of carbonyl (C=O) groups is 2. The molecule has 0 spiro atoms. The molecule has 4 N–H and O–H groups in total. The van der Waals surface area contributed by atoms with Gasteiger partial charge < -0.3 is 16.2 Å². The zero-order chi connectivity index (χ0) is 15.1. The van der Waals surface area contributed by atoms with Gasteiger partial charge in [0.1, 0.15) is 0 Å². The van der Waals surface area contributed by atoms with Crippen LogP contribution in [0.4, 0.5) is 0 Å². The van der Waals surface area contributed by atoms with Crippen molar-refractivity contribution in [2.75, 3.05) is 6.54 Å². The van der Waals surface area contributed by atoms with Crippen molar-refractivity contribution < 1.29 is 14.7 Å². The van der Waals surface area contributed by atoms with Crippen LogP contribution in [0.3, 0.4) is 0 Å². The number of hydrogen-bond acceptors (Lipinski definition) is 3. The molecule has 20 heavy (non-hydrogen) atoms. The summed E-state index contributed by atoms with van der Waals surface area (Å²) in [4.78, 5) is 22.1. The predicted octanol–water partition coefficient (Wildman–Crippen LogP) is 1.80. The van der Waals surface area contributed by atoms with Gasteiger partial charge in [0.2, 0.25) is 11.8 Å². The van der Waals surface area contributed by atoms with Crippen LogP contribution in [0.2, 0.25) is 10.0 Å². The summed E-state index contributed by atoms with van der Waals surface area (Å²) in [5, 5.41) is 13.3. The van der Waals surface area contributed by atoms with E-state index in [0.717, 1.165) is 0 Å². The van der Waals surface area contributed by atoms with E-state index in [1.54, 1.807) is 18.2 Å². The molecule has 0 aliphatic rings. The Bertz CT molecular complexity index is 474. The minimum Gasteiger partial charge on any atom is -0.388 e. The molecule has 0 aromatic heterocycles. The number of aliphatic hydroxyl groups is 1. The van der Waals surface area contributed by atoms with Crippen molar-refractivity contribution in [3.63, 3.8) is 0 Å². The van der Waals surface area contributed by atoms with Crippen molar-refractivity contribution in [1.29, 1.82) is 0 Å². The normalized spacial score (nSPS) is 11.9. The van der Waals surface area contributed by atoms with E-state index < -0.39 is 12.0 Å². The summed E-state index contributed by atoms with van der Waals surface area (Å²) in [6.45, 7) is 0.338. The summed E-state index contributed by atoms with van der Waals surface area (Å²) in [5.74, 6) is -0.731. The molecule has 0 saturated carbocycles. The maximum atomic E-state index is 11.6. The maximum absolute atomic E-state index is 11.6. The lowest BCUT2D eigenvalue weighted by Gasteiger charge is -2.12. The quantitative estimate of drug-likeness (QED) is 0.669. The maximum Gasteiger partial charge on any atom is 0.222 e. The third-order valence-corrected chi connectivity index (χ3v) is 3.01. The van der Waals surface area contributed by atoms with Crippen LogP contribution in [0.25, 0.3) is 0 Å². The summed E-state index contributed by atoms with van der Waals surface area (Å²) in [5.41, 5.74) is 5.46. The average molecular weight is 319 g/mol. The van der Waals surface area contributed by atoms with Gasteiger partial charge in [0.25, 0.3) is 0 Å². The third-order valence-electron chi connectivity index (χ3n) is 2.57. The molecular weight excluding hydrogens is 303 g/mol. The van der Waals surface area contributed by atoms with Gasteiger partial charge in [-0.2, -0.15) is 0 Å². The van der Waals surface area contributed by atoms with Crippen LogP contribution in [-0.4, -0.2) is 23.5 Å². The highest BCUT2D eigenvalue weighted by Crippen LogP contribution is 2.25. The third kappa shape index (κ3) is 6.23. The number of nitrogens with one attached hydrogen (secondary N) is 1. The summed E-state index contributed by atoms with van der Waals surface area (Å²) in [7, 11) is 0. The van der Waals surface area contributed by atoms with Crippen molar-refractivity contribution in [2.24, 2.45) is 5.73 Å². The van der Waals surface area contributed by atoms with Crippen molar-refractivity contribution >= 4 is 35.0 Å². The molecule has 7 heteroatoms. The van der Waals surface area contributed by atoms with Crippen LogP contribution in [0.1, 0.15) is 30.9 Å². The first-order valence-corrected chi connectivity index (χ1v) is 6.83. The van der Waals surface area contributed by atoms with E-state index in [1.807, 2.05) is 0 Å². The Hall–Kier alpha value is -1.30. The van der Waals surface area contributed by atoms with E-state index in [-0.39, 0.29) is 18.7 Å². The highest BCUT2D eigenvalue weighted by Gasteiger charge is 2.14. The zero-order valence-electron chi connectivity index (χ0n) is 10.7. The topological polar surface area (TPSA) is 92.4 Å². The number of halogens is 2. The summed E-state index contributed by atoms with van der Waals surface area (Å²) >= 11 is 11.6. The Morgan fingerprint density at radius 1 is 1.25 bits per heavy atom. The summed E-state index contributed by atoms with van der Waals surface area (Å²) < 4.78 is 0. The summed E-state index contributed by atoms with van der Waals surface area (Å²) in [6, 6.07) is 4.65. The molecule has 0 saturated heterocycles. The van der Waals surface area contributed by atoms with E-state index in [0.29, 0.717) is 28.6 Å². The Morgan fingerprint density at radius 2 is 1.85 bits per heavy atom. The van der Waals surface area contributed by atoms with E-state index in [9.17, 15) is 14.7 Å². The molecule has 0 aliphatic heterocycles. The molecule has 0 fully saturated rings. The number of benzene rings is 1. The first kappa shape index (κ1) is 16.8. The smallest absolute Gasteiger partial charge is 0.222 e. The lowest BCUT2D eigenvalue weighted by Crippen LogP contribution is -2.27. The molecule has 1 rings (SSSR count). The Labute approximate surface area is 127 Å². The van der Waals surface area contributed by atoms with Gasteiger partial charge in [0, 0.05) is 23.0 Å². The largest absolute Gasteiger partial charge is 0.388 e. The Balaban J connectivity index is 2.43. The number of rotatable bonds is 7. The van der Waals surface area contributed by atoms with Gasteiger partial charge >= 0.3 is 0 Å². The van der Waals surface area contributed by atoms with E-state index >= 15 is 0 Å². The van der Waals surface area contributed by atoms with Gasteiger partial charge in [-0.15, -0.1) is 0 Å². The first-order chi connectivity index (χ1) is 9.38. The highest BCUT2D eigenvalue weighted by atomic mass is 35.5. The molecule has 2 amide bonds. The van der Waals surface area contributed by atoms with Gasteiger partial charge in [0.05, 0.1) is 12.5 Å². The Kier molecular flexibility index (Phi) is 6.78. The van der Waals surface area contributed by atoms with Gasteiger partial charge in [-0.05, 0) is 30.2 Å². The van der Waals surface area contributed by atoms with Crippen molar-refractivity contribution in [3.8, 4) is 0 Å². The number of amides is 2. The molecule has 0 bridgehead atoms. The second kappa shape index (κ2) is 8.09. The number of hydrogen-bond donors (Lipinski definition) is 3. The highest BCUT2D eigenvalue weighted by molar-refractivity contribution is 6.34. The van der Waals surface area contributed by atoms with E-state index in [4.69, 9.17) is 28.9 Å². The predicted molar refractivity (Wildman–Crippen MR) is 77.5 cm³/mol. The fourth-order valence-electron chi connectivity index (χ4n) is 1.62. The monoisotopic (exact) mass is 318 g/mol. The van der Waals surface area contributed by atoms with Crippen LogP contribution in [-0.2, 0) is 9.59 Å². The second-order valence-electron chi connectivity index (χ2n) is 4.34. The molecule has 1 aromatic rings. The lowest BCUT2D eigenvalue weighted by molar-refractivity contribution is -0.123. The first-order valence-electron chi connectivity index (χ1n) is 6.07. The van der Waals surface area contributed by atoms with Crippen LogP contribution in [0.5, 0.6) is 0 Å². The average Bonchev–Trinajstić information content (AvgIpc) is 2.33. The minimum absolute atomic E-state index is 0.104. The number of aliphatic hydroxyl groups excluding tert-OH is 1. The molecule has 1 aromatic carbocycles. The van der Waals surface area contributed by atoms with Crippen LogP contribution >= 0.6 is 23.2 Å². The lowest BCUT2D eigenvalue weighted by atomic mass is 10.1. The second-order valence-corrected chi connectivity index (χ2v) is 5.22. The van der Waals surface area contributed by atoms with E-state index in [1.165, 1.54) is 0 Å². The molecular formula is C13H16Cl2N2O3. The molecule has 1 atom stereocenters. The molecule has 0 heterocycles. The Morgan fingerprint density at radius 3 is 2.40 bits per heavy atom. The van der Waals surface area contributed by atoms with Crippen molar-refractivity contribution in [2.45, 2.75) is 25.4 Å². The summed E-state index contributed by atoms with van der Waals surface area (Å²) in [6.07, 6.45) is -0.400. The standard InChI is InChI=1S/C13H16Cl2N2O3/c14-9-4-8(5-10(15)6-9)11(18)7-13(20)17-3-1-2-12(16)19/h4-6,11,18H,1-3,7H2,(H2,16,19)(H,17,20). The van der Waals surface area contributed by atoms with Gasteiger partial charge in [-0.3, -0.25) is 9.59 Å². The van der Waals surface area contributed by atoms with Gasteiger partial charge in [0.15, 0.2) is 0 Å².